The van der Waals surface area contributed by atoms with Gasteiger partial charge in [-0.3, -0.25) is 9.59 Å². The van der Waals surface area contributed by atoms with Gasteiger partial charge in [-0.2, -0.15) is 4.98 Å². The van der Waals surface area contributed by atoms with Crippen LogP contribution >= 0.6 is 0 Å². The molecule has 1 atom stereocenters. The lowest BCUT2D eigenvalue weighted by molar-refractivity contribution is -0.144. The van der Waals surface area contributed by atoms with Gasteiger partial charge in [0.2, 0.25) is 5.89 Å². The first-order chi connectivity index (χ1) is 11.0. The van der Waals surface area contributed by atoms with Crippen molar-refractivity contribution in [1.29, 1.82) is 0 Å². The summed E-state index contributed by atoms with van der Waals surface area (Å²) >= 11 is 0. The zero-order valence-corrected chi connectivity index (χ0v) is 12.6. The van der Waals surface area contributed by atoms with Crippen molar-refractivity contribution in [1.82, 2.24) is 19.9 Å². The lowest BCUT2D eigenvalue weighted by Gasteiger charge is -2.22. The highest BCUT2D eigenvalue weighted by atomic mass is 16.5. The molecule has 1 aromatic carbocycles. The Bertz CT molecular complexity index is 771. The van der Waals surface area contributed by atoms with Crippen LogP contribution in [0.15, 0.2) is 34.9 Å². The fraction of sp³-hybridized carbons (Fsp3) is 0.267. The molecule has 8 nitrogen and oxygen atoms in total. The molecule has 3 rings (SSSR count). The predicted octanol–water partition coefficient (Wildman–Crippen LogP) is 1.43. The van der Waals surface area contributed by atoms with E-state index >= 15 is 0 Å². The average molecular weight is 314 g/mol. The van der Waals surface area contributed by atoms with Crippen LogP contribution in [0.3, 0.4) is 0 Å². The van der Waals surface area contributed by atoms with Crippen LogP contribution < -0.4 is 0 Å². The van der Waals surface area contributed by atoms with E-state index in [1.807, 2.05) is 6.07 Å². The van der Waals surface area contributed by atoms with Crippen molar-refractivity contribution in [2.45, 2.75) is 26.4 Å². The fourth-order valence-corrected chi connectivity index (χ4v) is 2.43. The summed E-state index contributed by atoms with van der Waals surface area (Å²) in [5.41, 5.74) is 0.763. The van der Waals surface area contributed by atoms with Crippen LogP contribution in [0, 0.1) is 6.92 Å². The molecule has 1 saturated heterocycles. The van der Waals surface area contributed by atoms with Gasteiger partial charge in [0, 0.05) is 6.92 Å². The van der Waals surface area contributed by atoms with Gasteiger partial charge in [0.1, 0.15) is 0 Å². The Morgan fingerprint density at radius 2 is 1.83 bits per heavy atom. The molecule has 118 valence electrons. The summed E-state index contributed by atoms with van der Waals surface area (Å²) in [7, 11) is 0. The molecule has 1 fully saturated rings. The summed E-state index contributed by atoms with van der Waals surface area (Å²) in [5, 5.41) is 3.64. The lowest BCUT2D eigenvalue weighted by atomic mass is 10.1. The molecule has 8 heteroatoms. The third kappa shape index (κ3) is 2.59. The van der Waals surface area contributed by atoms with E-state index in [0.717, 1.165) is 15.4 Å². The van der Waals surface area contributed by atoms with Crippen molar-refractivity contribution >= 4 is 17.8 Å². The van der Waals surface area contributed by atoms with E-state index < -0.39 is 23.9 Å². The molecule has 4 amide bonds. The maximum absolute atomic E-state index is 12.5. The minimum atomic E-state index is -0.889. The molecular formula is C15H14N4O4. The number of amides is 4. The van der Waals surface area contributed by atoms with Crippen LogP contribution in [-0.4, -0.2) is 37.8 Å². The number of benzene rings is 1. The highest BCUT2D eigenvalue weighted by molar-refractivity contribution is 6.44. The first-order valence-electron chi connectivity index (χ1n) is 7.02. The number of urea groups is 1. The van der Waals surface area contributed by atoms with Gasteiger partial charge in [-0.25, -0.2) is 14.6 Å². The number of carbonyl (C=O) groups is 3. The van der Waals surface area contributed by atoms with Crippen molar-refractivity contribution in [2.24, 2.45) is 0 Å². The Morgan fingerprint density at radius 3 is 2.43 bits per heavy atom. The molecule has 0 saturated carbocycles. The van der Waals surface area contributed by atoms with Gasteiger partial charge in [-0.15, -0.1) is 0 Å². The number of carbonyl (C=O) groups excluding carboxylic acids is 3. The summed E-state index contributed by atoms with van der Waals surface area (Å²) in [6.45, 7) is 3.10. The average Bonchev–Trinajstić information content (AvgIpc) is 3.05. The summed E-state index contributed by atoms with van der Waals surface area (Å²) in [4.78, 5) is 42.5. The van der Waals surface area contributed by atoms with Gasteiger partial charge in [0.15, 0.2) is 5.82 Å². The molecular weight excluding hydrogens is 300 g/mol. The van der Waals surface area contributed by atoms with E-state index in [2.05, 4.69) is 10.1 Å². The third-order valence-corrected chi connectivity index (χ3v) is 3.62. The molecule has 1 aromatic heterocycles. The molecule has 2 aromatic rings. The third-order valence-electron chi connectivity index (χ3n) is 3.62. The number of hydrogen-bond donors (Lipinski definition) is 0. The SMILES string of the molecule is Cc1nc(CN2C(=O)C(=O)N(C(C)c3ccccc3)C2=O)no1. The molecule has 0 bridgehead atoms. The van der Waals surface area contributed by atoms with Crippen molar-refractivity contribution < 1.29 is 18.9 Å². The Balaban J connectivity index is 1.85. The van der Waals surface area contributed by atoms with Gasteiger partial charge in [-0.05, 0) is 12.5 Å². The topological polar surface area (TPSA) is 96.6 Å². The predicted molar refractivity (Wildman–Crippen MR) is 76.7 cm³/mol. The van der Waals surface area contributed by atoms with Crippen LogP contribution in [0.5, 0.6) is 0 Å². The summed E-state index contributed by atoms with van der Waals surface area (Å²) in [6, 6.07) is 7.80. The van der Waals surface area contributed by atoms with E-state index in [-0.39, 0.29) is 12.4 Å². The summed E-state index contributed by atoms with van der Waals surface area (Å²) < 4.78 is 4.81. The Labute approximate surface area is 131 Å². The molecule has 0 spiro atoms. The number of hydrogen-bond acceptors (Lipinski definition) is 6. The lowest BCUT2D eigenvalue weighted by Crippen LogP contribution is -2.35. The van der Waals surface area contributed by atoms with Gasteiger partial charge < -0.3 is 4.52 Å². The molecule has 1 unspecified atom stereocenters. The van der Waals surface area contributed by atoms with Crippen LogP contribution in [-0.2, 0) is 16.1 Å². The molecule has 1 aliphatic heterocycles. The van der Waals surface area contributed by atoms with Crippen molar-refractivity contribution in [3.8, 4) is 0 Å². The molecule has 1 aliphatic rings. The minimum Gasteiger partial charge on any atom is -0.340 e. The highest BCUT2D eigenvalue weighted by Crippen LogP contribution is 2.26. The monoisotopic (exact) mass is 314 g/mol. The standard InChI is InChI=1S/C15H14N4O4/c1-9(11-6-4-3-5-7-11)19-14(21)13(20)18(15(19)22)8-12-16-10(2)23-17-12/h3-7,9H,8H2,1-2H3. The summed E-state index contributed by atoms with van der Waals surface area (Å²) in [6.07, 6.45) is 0. The van der Waals surface area contributed by atoms with Crippen LogP contribution in [0.2, 0.25) is 0 Å². The maximum atomic E-state index is 12.5. The van der Waals surface area contributed by atoms with Crippen molar-refractivity contribution in [3.63, 3.8) is 0 Å². The molecule has 23 heavy (non-hydrogen) atoms. The quantitative estimate of drug-likeness (QED) is 0.625. The highest BCUT2D eigenvalue weighted by Gasteiger charge is 2.47. The molecule has 0 radical (unpaired) electrons. The van der Waals surface area contributed by atoms with Crippen LogP contribution in [0.25, 0.3) is 0 Å². The van der Waals surface area contributed by atoms with Gasteiger partial charge in [0.05, 0.1) is 12.6 Å². The van der Waals surface area contributed by atoms with Gasteiger partial charge in [0.25, 0.3) is 0 Å². The molecule has 0 aliphatic carbocycles. The summed E-state index contributed by atoms with van der Waals surface area (Å²) in [5.74, 6) is -1.25. The first kappa shape index (κ1) is 14.9. The second-order valence-electron chi connectivity index (χ2n) is 5.17. The number of rotatable bonds is 4. The van der Waals surface area contributed by atoms with Gasteiger partial charge in [-0.1, -0.05) is 35.5 Å². The van der Waals surface area contributed by atoms with Crippen LogP contribution in [0.1, 0.15) is 30.2 Å². The number of aromatic nitrogens is 2. The zero-order valence-electron chi connectivity index (χ0n) is 12.6. The molecule has 2 heterocycles. The molecule has 0 N–H and O–H groups in total. The Morgan fingerprint density at radius 1 is 1.13 bits per heavy atom. The second-order valence-corrected chi connectivity index (χ2v) is 5.17. The first-order valence-corrected chi connectivity index (χ1v) is 7.02. The number of imide groups is 2. The minimum absolute atomic E-state index is 0.172. The zero-order chi connectivity index (χ0) is 16.6. The van der Waals surface area contributed by atoms with E-state index in [4.69, 9.17) is 4.52 Å². The normalized spacial score (nSPS) is 16.3. The smallest absolute Gasteiger partial charge is 0.335 e. The van der Waals surface area contributed by atoms with E-state index in [1.165, 1.54) is 0 Å². The van der Waals surface area contributed by atoms with Crippen LogP contribution in [0.4, 0.5) is 4.79 Å². The number of aryl methyl sites for hydroxylation is 1. The maximum Gasteiger partial charge on any atom is 0.335 e. The van der Waals surface area contributed by atoms with E-state index in [9.17, 15) is 14.4 Å². The van der Waals surface area contributed by atoms with E-state index in [0.29, 0.717) is 5.89 Å². The van der Waals surface area contributed by atoms with Crippen molar-refractivity contribution in [2.75, 3.05) is 0 Å². The number of nitrogens with zero attached hydrogens (tertiary/aromatic N) is 4. The van der Waals surface area contributed by atoms with E-state index in [1.54, 1.807) is 38.1 Å². The Hall–Kier alpha value is -3.03. The second kappa shape index (κ2) is 5.64. The van der Waals surface area contributed by atoms with Gasteiger partial charge >= 0.3 is 17.8 Å². The largest absolute Gasteiger partial charge is 0.340 e. The fourth-order valence-electron chi connectivity index (χ4n) is 2.43. The Kier molecular flexibility index (Phi) is 3.65. The van der Waals surface area contributed by atoms with Crippen molar-refractivity contribution in [3.05, 3.63) is 47.6 Å².